The van der Waals surface area contributed by atoms with Crippen LogP contribution in [0.2, 0.25) is 0 Å². The van der Waals surface area contributed by atoms with Gasteiger partial charge in [0.15, 0.2) is 0 Å². The zero-order valence-corrected chi connectivity index (χ0v) is 16.9. The predicted octanol–water partition coefficient (Wildman–Crippen LogP) is 2.15. The molecule has 1 aromatic carbocycles. The van der Waals surface area contributed by atoms with Gasteiger partial charge in [-0.15, -0.1) is 0 Å². The third kappa shape index (κ3) is 4.45. The number of amides is 4. The van der Waals surface area contributed by atoms with Crippen molar-refractivity contribution in [2.75, 3.05) is 19.6 Å². The number of carbonyl (C=O) groups is 3. The van der Waals surface area contributed by atoms with Crippen LogP contribution in [0.1, 0.15) is 56.1 Å². The average Bonchev–Trinajstić information content (AvgIpc) is 3.29. The van der Waals surface area contributed by atoms with Gasteiger partial charge in [-0.3, -0.25) is 19.4 Å². The fourth-order valence-corrected chi connectivity index (χ4v) is 4.68. The van der Waals surface area contributed by atoms with Crippen molar-refractivity contribution < 1.29 is 14.4 Å². The van der Waals surface area contributed by atoms with E-state index in [-0.39, 0.29) is 18.4 Å². The first-order valence-electron chi connectivity index (χ1n) is 10.8. The van der Waals surface area contributed by atoms with Gasteiger partial charge in [0.1, 0.15) is 12.1 Å². The van der Waals surface area contributed by atoms with E-state index in [1.807, 2.05) is 12.1 Å². The maximum Gasteiger partial charge on any atom is 0.325 e. The highest BCUT2D eigenvalue weighted by Gasteiger charge is 2.52. The molecule has 2 aliphatic heterocycles. The third-order valence-corrected chi connectivity index (χ3v) is 6.37. The zero-order valence-electron chi connectivity index (χ0n) is 16.9. The number of carbonyl (C=O) groups excluding carboxylic acids is 3. The highest BCUT2D eigenvalue weighted by atomic mass is 16.2. The summed E-state index contributed by atoms with van der Waals surface area (Å²) < 4.78 is 0. The summed E-state index contributed by atoms with van der Waals surface area (Å²) >= 11 is 0. The molecule has 29 heavy (non-hydrogen) atoms. The lowest BCUT2D eigenvalue weighted by molar-refractivity contribution is -0.134. The SMILES string of the molecule is O=C(CN1C(=O)NC2(CCCC2)C1=O)NCc1ccc(CN2CCCCC2)cc1. The fourth-order valence-electron chi connectivity index (χ4n) is 4.68. The summed E-state index contributed by atoms with van der Waals surface area (Å²) in [6.45, 7) is 3.47. The first kappa shape index (κ1) is 19.9. The van der Waals surface area contributed by atoms with Crippen LogP contribution < -0.4 is 10.6 Å². The van der Waals surface area contributed by atoms with Gasteiger partial charge >= 0.3 is 6.03 Å². The van der Waals surface area contributed by atoms with Crippen LogP contribution in [0.15, 0.2) is 24.3 Å². The molecule has 0 aromatic heterocycles. The van der Waals surface area contributed by atoms with Gasteiger partial charge in [0.2, 0.25) is 5.91 Å². The lowest BCUT2D eigenvalue weighted by Gasteiger charge is -2.26. The minimum Gasteiger partial charge on any atom is -0.350 e. The lowest BCUT2D eigenvalue weighted by atomic mass is 9.98. The summed E-state index contributed by atoms with van der Waals surface area (Å²) in [6.07, 6.45) is 7.09. The Morgan fingerprint density at radius 1 is 0.966 bits per heavy atom. The monoisotopic (exact) mass is 398 g/mol. The smallest absolute Gasteiger partial charge is 0.325 e. The molecule has 2 saturated heterocycles. The van der Waals surface area contributed by atoms with Crippen LogP contribution in [-0.4, -0.2) is 52.8 Å². The van der Waals surface area contributed by atoms with E-state index in [0.717, 1.165) is 29.8 Å². The van der Waals surface area contributed by atoms with E-state index in [1.165, 1.54) is 37.9 Å². The number of hydrogen-bond donors (Lipinski definition) is 2. The van der Waals surface area contributed by atoms with Gasteiger partial charge in [-0.2, -0.15) is 0 Å². The summed E-state index contributed by atoms with van der Waals surface area (Å²) in [5, 5.41) is 5.62. The molecule has 2 N–H and O–H groups in total. The standard InChI is InChI=1S/C22H30N4O3/c27-19(16-26-20(28)22(24-21(26)29)10-2-3-11-22)23-14-17-6-8-18(9-7-17)15-25-12-4-1-5-13-25/h6-9H,1-5,10-16H2,(H,23,27)(H,24,29). The molecular formula is C22H30N4O3. The van der Waals surface area contributed by atoms with Crippen molar-refractivity contribution in [3.63, 3.8) is 0 Å². The van der Waals surface area contributed by atoms with E-state index in [4.69, 9.17) is 0 Å². The summed E-state index contributed by atoms with van der Waals surface area (Å²) in [6, 6.07) is 7.82. The molecule has 3 aliphatic rings. The van der Waals surface area contributed by atoms with Gasteiger partial charge < -0.3 is 10.6 Å². The quantitative estimate of drug-likeness (QED) is 0.720. The number of nitrogens with zero attached hydrogens (tertiary/aromatic N) is 2. The Kier molecular flexibility index (Phi) is 5.85. The van der Waals surface area contributed by atoms with Crippen molar-refractivity contribution in [2.45, 2.75) is 63.6 Å². The Balaban J connectivity index is 1.25. The molecule has 1 spiro atoms. The van der Waals surface area contributed by atoms with Crippen LogP contribution in [0.4, 0.5) is 4.79 Å². The lowest BCUT2D eigenvalue weighted by Crippen LogP contribution is -2.45. The number of likely N-dealkylation sites (tertiary alicyclic amines) is 1. The maximum atomic E-state index is 12.6. The fraction of sp³-hybridized carbons (Fsp3) is 0.591. The van der Waals surface area contributed by atoms with Gasteiger partial charge in [-0.25, -0.2) is 4.79 Å². The molecule has 1 aromatic rings. The maximum absolute atomic E-state index is 12.6. The number of nitrogens with one attached hydrogen (secondary N) is 2. The first-order chi connectivity index (χ1) is 14.1. The van der Waals surface area contributed by atoms with Crippen LogP contribution in [0.5, 0.6) is 0 Å². The van der Waals surface area contributed by atoms with Crippen molar-refractivity contribution in [3.8, 4) is 0 Å². The summed E-state index contributed by atoms with van der Waals surface area (Å²) in [4.78, 5) is 40.6. The average molecular weight is 399 g/mol. The Bertz CT molecular complexity index is 765. The van der Waals surface area contributed by atoms with Gasteiger partial charge in [-0.05, 0) is 49.9 Å². The van der Waals surface area contributed by atoms with Crippen molar-refractivity contribution in [2.24, 2.45) is 0 Å². The molecule has 7 nitrogen and oxygen atoms in total. The number of benzene rings is 1. The summed E-state index contributed by atoms with van der Waals surface area (Å²) in [7, 11) is 0. The largest absolute Gasteiger partial charge is 0.350 e. The van der Waals surface area contributed by atoms with Crippen LogP contribution in [0.25, 0.3) is 0 Å². The van der Waals surface area contributed by atoms with Crippen molar-refractivity contribution in [3.05, 3.63) is 35.4 Å². The molecule has 1 saturated carbocycles. The second-order valence-corrected chi connectivity index (χ2v) is 8.54. The normalized spacial score (nSPS) is 21.6. The Morgan fingerprint density at radius 2 is 1.62 bits per heavy atom. The van der Waals surface area contributed by atoms with Crippen LogP contribution >= 0.6 is 0 Å². The Labute approximate surface area is 171 Å². The van der Waals surface area contributed by atoms with E-state index in [9.17, 15) is 14.4 Å². The van der Waals surface area contributed by atoms with Gasteiger partial charge in [0.25, 0.3) is 5.91 Å². The number of rotatable bonds is 6. The van der Waals surface area contributed by atoms with Gasteiger partial charge in [0, 0.05) is 13.1 Å². The molecule has 0 bridgehead atoms. The van der Waals surface area contributed by atoms with E-state index >= 15 is 0 Å². The number of imide groups is 1. The number of hydrogen-bond acceptors (Lipinski definition) is 4. The molecule has 7 heteroatoms. The van der Waals surface area contributed by atoms with E-state index < -0.39 is 11.6 Å². The minimum absolute atomic E-state index is 0.223. The molecule has 4 amide bonds. The number of urea groups is 1. The van der Waals surface area contributed by atoms with Gasteiger partial charge in [0.05, 0.1) is 0 Å². The van der Waals surface area contributed by atoms with E-state index in [2.05, 4.69) is 27.7 Å². The number of piperidine rings is 1. The van der Waals surface area contributed by atoms with Crippen LogP contribution in [0, 0.1) is 0 Å². The predicted molar refractivity (Wildman–Crippen MR) is 109 cm³/mol. The second-order valence-electron chi connectivity index (χ2n) is 8.54. The molecule has 0 radical (unpaired) electrons. The highest BCUT2D eigenvalue weighted by Crippen LogP contribution is 2.34. The molecular weight excluding hydrogens is 368 g/mol. The van der Waals surface area contributed by atoms with Crippen LogP contribution in [0.3, 0.4) is 0 Å². The van der Waals surface area contributed by atoms with Crippen molar-refractivity contribution in [1.29, 1.82) is 0 Å². The molecule has 2 heterocycles. The van der Waals surface area contributed by atoms with Crippen molar-refractivity contribution in [1.82, 2.24) is 20.4 Å². The van der Waals surface area contributed by atoms with E-state index in [0.29, 0.717) is 19.4 Å². The first-order valence-corrected chi connectivity index (χ1v) is 10.8. The zero-order chi connectivity index (χ0) is 20.3. The molecule has 1 aliphatic carbocycles. The molecule has 0 atom stereocenters. The highest BCUT2D eigenvalue weighted by molar-refractivity contribution is 6.09. The topological polar surface area (TPSA) is 81.8 Å². The molecule has 3 fully saturated rings. The Hall–Kier alpha value is -2.41. The molecule has 156 valence electrons. The second kappa shape index (κ2) is 8.53. The van der Waals surface area contributed by atoms with Crippen molar-refractivity contribution >= 4 is 17.8 Å². The molecule has 0 unspecified atom stereocenters. The third-order valence-electron chi connectivity index (χ3n) is 6.37. The van der Waals surface area contributed by atoms with E-state index in [1.54, 1.807) is 0 Å². The Morgan fingerprint density at radius 3 is 2.31 bits per heavy atom. The summed E-state index contributed by atoms with van der Waals surface area (Å²) in [5.41, 5.74) is 1.52. The molecule has 4 rings (SSSR count). The minimum atomic E-state index is -0.762. The summed E-state index contributed by atoms with van der Waals surface area (Å²) in [5.74, 6) is -0.571. The van der Waals surface area contributed by atoms with Crippen LogP contribution in [-0.2, 0) is 22.7 Å². The van der Waals surface area contributed by atoms with Gasteiger partial charge in [-0.1, -0.05) is 43.5 Å².